The van der Waals surface area contributed by atoms with E-state index in [1.54, 1.807) is 19.3 Å². The number of halogens is 1. The van der Waals surface area contributed by atoms with Crippen LogP contribution in [0, 0.1) is 11.8 Å². The van der Waals surface area contributed by atoms with Gasteiger partial charge in [-0.05, 0) is 29.9 Å². The van der Waals surface area contributed by atoms with Crippen molar-refractivity contribution in [3.05, 3.63) is 17.7 Å². The molecule has 0 radical (unpaired) electrons. The molecule has 1 amide bonds. The summed E-state index contributed by atoms with van der Waals surface area (Å²) < 4.78 is 1.84. The molecule has 3 atom stereocenters. The zero-order valence-electron chi connectivity index (χ0n) is 11.0. The monoisotopic (exact) mass is 291 g/mol. The molecule has 104 valence electrons. The minimum Gasteiger partial charge on any atom is -0.338 e. The number of fused-ring (bicyclic) bond motifs is 2. The van der Waals surface area contributed by atoms with Crippen LogP contribution in [0.3, 0.4) is 0 Å². The van der Waals surface area contributed by atoms with E-state index in [2.05, 4.69) is 15.1 Å². The number of hydrogen-bond acceptors (Lipinski definition) is 4. The lowest BCUT2D eigenvalue weighted by molar-refractivity contribution is -0.130. The zero-order valence-corrected chi connectivity index (χ0v) is 11.8. The summed E-state index contributed by atoms with van der Waals surface area (Å²) in [7, 11) is 0. The average molecular weight is 292 g/mol. The summed E-state index contributed by atoms with van der Waals surface area (Å²) in [6.45, 7) is 3.20. The number of amides is 1. The number of hydrogen-bond donors (Lipinski definition) is 0. The first-order chi connectivity index (χ1) is 9.63. The maximum Gasteiger partial charge on any atom is 0.224 e. The quantitative estimate of drug-likeness (QED) is 0.784. The van der Waals surface area contributed by atoms with E-state index in [0.29, 0.717) is 18.4 Å². The molecule has 1 aliphatic carbocycles. The lowest BCUT2D eigenvalue weighted by Gasteiger charge is -2.26. The molecule has 0 unspecified atom stereocenters. The third-order valence-electron chi connectivity index (χ3n) is 4.41. The fraction of sp³-hybridized carbons (Fsp3) is 0.538. The molecule has 2 aliphatic rings. The van der Waals surface area contributed by atoms with Gasteiger partial charge in [-0.3, -0.25) is 4.79 Å². The number of carbonyl (C=O) groups excluding carboxylic acids is 1. The third kappa shape index (κ3) is 1.78. The zero-order chi connectivity index (χ0) is 13.9. The third-order valence-corrected chi connectivity index (χ3v) is 4.60. The number of rotatable bonds is 2. The second kappa shape index (κ2) is 4.15. The van der Waals surface area contributed by atoms with E-state index >= 15 is 0 Å². The van der Waals surface area contributed by atoms with Gasteiger partial charge < -0.3 is 4.90 Å². The Morgan fingerprint density at radius 1 is 1.50 bits per heavy atom. The van der Waals surface area contributed by atoms with Gasteiger partial charge in [-0.15, -0.1) is 0 Å². The highest BCUT2D eigenvalue weighted by atomic mass is 35.5. The molecule has 1 aliphatic heterocycles. The SMILES string of the molecule is CC(=O)N1C[C@@H]2C[C@@H]2[C@H]1Cn1ncc2cnc(Cl)nc21. The maximum atomic E-state index is 11.7. The van der Waals surface area contributed by atoms with E-state index in [0.717, 1.165) is 17.6 Å². The molecule has 0 aromatic carbocycles. The molecule has 7 heteroatoms. The summed E-state index contributed by atoms with van der Waals surface area (Å²) in [4.78, 5) is 21.9. The van der Waals surface area contributed by atoms with E-state index in [9.17, 15) is 4.79 Å². The Morgan fingerprint density at radius 2 is 2.35 bits per heavy atom. The summed E-state index contributed by atoms with van der Waals surface area (Å²) in [5.41, 5.74) is 0.734. The van der Waals surface area contributed by atoms with Gasteiger partial charge in [-0.25, -0.2) is 9.67 Å². The fourth-order valence-corrected chi connectivity index (χ4v) is 3.45. The molecule has 2 fully saturated rings. The van der Waals surface area contributed by atoms with Crippen LogP contribution < -0.4 is 0 Å². The molecule has 0 spiro atoms. The van der Waals surface area contributed by atoms with Crippen molar-refractivity contribution >= 4 is 28.5 Å². The second-order valence-corrected chi connectivity index (χ2v) is 5.98. The Morgan fingerprint density at radius 3 is 3.15 bits per heavy atom. The Bertz CT molecular complexity index is 699. The number of nitrogens with zero attached hydrogens (tertiary/aromatic N) is 5. The van der Waals surface area contributed by atoms with Crippen LogP contribution >= 0.6 is 11.6 Å². The van der Waals surface area contributed by atoms with Crippen LogP contribution in [0.1, 0.15) is 13.3 Å². The van der Waals surface area contributed by atoms with Crippen molar-refractivity contribution in [3.8, 4) is 0 Å². The predicted molar refractivity (Wildman–Crippen MR) is 73.1 cm³/mol. The van der Waals surface area contributed by atoms with Gasteiger partial charge in [0.25, 0.3) is 0 Å². The van der Waals surface area contributed by atoms with Crippen molar-refractivity contribution in [1.82, 2.24) is 24.6 Å². The van der Waals surface area contributed by atoms with Gasteiger partial charge in [0, 0.05) is 19.7 Å². The molecule has 1 saturated heterocycles. The Labute approximate surface area is 120 Å². The van der Waals surface area contributed by atoms with Gasteiger partial charge in [0.1, 0.15) is 0 Å². The van der Waals surface area contributed by atoms with Crippen molar-refractivity contribution in [3.63, 3.8) is 0 Å². The number of likely N-dealkylation sites (tertiary alicyclic amines) is 1. The van der Waals surface area contributed by atoms with Gasteiger partial charge in [-0.2, -0.15) is 10.1 Å². The first-order valence-corrected chi connectivity index (χ1v) is 7.12. The van der Waals surface area contributed by atoms with Gasteiger partial charge in [0.2, 0.25) is 11.2 Å². The molecule has 20 heavy (non-hydrogen) atoms. The van der Waals surface area contributed by atoms with Crippen molar-refractivity contribution in [2.75, 3.05) is 6.54 Å². The predicted octanol–water partition coefficient (Wildman–Crippen LogP) is 1.35. The van der Waals surface area contributed by atoms with Gasteiger partial charge in [-0.1, -0.05) is 0 Å². The summed E-state index contributed by atoms with van der Waals surface area (Å²) in [6, 6.07) is 0.231. The lowest BCUT2D eigenvalue weighted by atomic mass is 10.2. The Hall–Kier alpha value is -1.69. The van der Waals surface area contributed by atoms with Crippen LogP contribution in [0.4, 0.5) is 0 Å². The summed E-state index contributed by atoms with van der Waals surface area (Å²) in [5, 5.41) is 5.45. The van der Waals surface area contributed by atoms with Crippen LogP contribution in [-0.4, -0.2) is 43.1 Å². The molecule has 6 nitrogen and oxygen atoms in total. The second-order valence-electron chi connectivity index (χ2n) is 5.64. The van der Waals surface area contributed by atoms with E-state index in [1.165, 1.54) is 6.42 Å². The highest BCUT2D eigenvalue weighted by molar-refractivity contribution is 6.28. The van der Waals surface area contributed by atoms with Gasteiger partial charge in [0.15, 0.2) is 5.65 Å². The van der Waals surface area contributed by atoms with E-state index < -0.39 is 0 Å². The topological polar surface area (TPSA) is 63.9 Å². The first-order valence-electron chi connectivity index (χ1n) is 6.75. The molecule has 0 bridgehead atoms. The molecule has 4 rings (SSSR count). The van der Waals surface area contributed by atoms with E-state index in [4.69, 9.17) is 11.6 Å². The smallest absolute Gasteiger partial charge is 0.224 e. The molecule has 2 aromatic rings. The number of carbonyl (C=O) groups is 1. The van der Waals surface area contributed by atoms with Crippen LogP contribution in [0.2, 0.25) is 5.28 Å². The minimum atomic E-state index is 0.145. The van der Waals surface area contributed by atoms with Crippen molar-refractivity contribution in [1.29, 1.82) is 0 Å². The van der Waals surface area contributed by atoms with Crippen LogP contribution in [0.25, 0.3) is 11.0 Å². The lowest BCUT2D eigenvalue weighted by Crippen LogP contribution is -2.39. The summed E-state index contributed by atoms with van der Waals surface area (Å²) in [6.07, 6.45) is 4.64. The molecular weight excluding hydrogens is 278 g/mol. The van der Waals surface area contributed by atoms with Crippen LogP contribution in [0.5, 0.6) is 0 Å². The number of piperidine rings is 1. The first kappa shape index (κ1) is 12.1. The van der Waals surface area contributed by atoms with E-state index in [1.807, 2.05) is 9.58 Å². The van der Waals surface area contributed by atoms with Crippen LogP contribution in [0.15, 0.2) is 12.4 Å². The fourth-order valence-electron chi connectivity index (χ4n) is 3.32. The normalized spacial score (nSPS) is 27.9. The van der Waals surface area contributed by atoms with Crippen molar-refractivity contribution in [2.24, 2.45) is 11.8 Å². The molecule has 1 saturated carbocycles. The maximum absolute atomic E-state index is 11.7. The van der Waals surface area contributed by atoms with Crippen molar-refractivity contribution in [2.45, 2.75) is 25.9 Å². The van der Waals surface area contributed by atoms with Crippen LogP contribution in [-0.2, 0) is 11.3 Å². The summed E-state index contributed by atoms with van der Waals surface area (Å²) in [5.74, 6) is 1.45. The summed E-state index contributed by atoms with van der Waals surface area (Å²) >= 11 is 5.85. The Balaban J connectivity index is 1.67. The van der Waals surface area contributed by atoms with E-state index in [-0.39, 0.29) is 17.2 Å². The molecule has 2 aromatic heterocycles. The molecule has 3 heterocycles. The molecule has 0 N–H and O–H groups in total. The minimum absolute atomic E-state index is 0.145. The number of aromatic nitrogens is 4. The van der Waals surface area contributed by atoms with Crippen molar-refractivity contribution < 1.29 is 4.79 Å². The average Bonchev–Trinajstić information content (AvgIpc) is 2.95. The Kier molecular flexibility index (Phi) is 2.51. The van der Waals surface area contributed by atoms with Gasteiger partial charge in [0.05, 0.1) is 24.2 Å². The standard InChI is InChI=1S/C13H14ClN5O/c1-7(20)18-5-8-2-10(8)11(18)6-19-12-9(4-16-19)3-15-13(14)17-12/h3-4,8,10-11H,2,5-6H2,1H3/t8-,10-,11+/m0/s1. The molecular formula is C13H14ClN5O. The highest BCUT2D eigenvalue weighted by Crippen LogP contribution is 2.50. The van der Waals surface area contributed by atoms with Gasteiger partial charge >= 0.3 is 0 Å². The largest absolute Gasteiger partial charge is 0.338 e. The highest BCUT2D eigenvalue weighted by Gasteiger charge is 2.53.